The predicted molar refractivity (Wildman–Crippen MR) is 149 cm³/mol. The summed E-state index contributed by atoms with van der Waals surface area (Å²) in [4.78, 5) is 17.6. The van der Waals surface area contributed by atoms with Gasteiger partial charge in [-0.1, -0.05) is 6.07 Å². The van der Waals surface area contributed by atoms with Crippen LogP contribution in [0.3, 0.4) is 0 Å². The monoisotopic (exact) mass is 592 g/mol. The lowest BCUT2D eigenvalue weighted by Crippen LogP contribution is -2.28. The minimum absolute atomic E-state index is 0.103. The number of halogens is 3. The first kappa shape index (κ1) is 30.1. The smallest absolute Gasteiger partial charge is 0.416 e. The lowest BCUT2D eigenvalue weighted by Gasteiger charge is -2.22. The van der Waals surface area contributed by atoms with Crippen LogP contribution in [0, 0.1) is 12.8 Å². The number of sulfonamides is 1. The summed E-state index contributed by atoms with van der Waals surface area (Å²) in [5.74, 6) is 0.430. The van der Waals surface area contributed by atoms with Crippen molar-refractivity contribution in [2.45, 2.75) is 32.4 Å². The van der Waals surface area contributed by atoms with Crippen LogP contribution in [0.2, 0.25) is 0 Å². The molecule has 1 saturated heterocycles. The molecule has 0 bridgehead atoms. The summed E-state index contributed by atoms with van der Waals surface area (Å²) in [6.07, 6.45) is 0.617. The number of pyridine rings is 1. The van der Waals surface area contributed by atoms with Gasteiger partial charge in [-0.15, -0.1) is 0 Å². The van der Waals surface area contributed by atoms with Gasteiger partial charge in [0.2, 0.25) is 10.0 Å². The number of carbonyl (C=O) groups excluding carboxylic acids is 1. The summed E-state index contributed by atoms with van der Waals surface area (Å²) in [5.41, 5.74) is -0.271. The molecule has 3 N–H and O–H groups in total. The molecule has 0 unspecified atom stereocenters. The van der Waals surface area contributed by atoms with E-state index in [-0.39, 0.29) is 17.0 Å². The largest absolute Gasteiger partial charge is 0.492 e. The van der Waals surface area contributed by atoms with Crippen molar-refractivity contribution < 1.29 is 35.9 Å². The Morgan fingerprint density at radius 1 is 1.10 bits per heavy atom. The average molecular weight is 593 g/mol. The Labute approximate surface area is 236 Å². The Kier molecular flexibility index (Phi) is 9.08. The van der Waals surface area contributed by atoms with Crippen molar-refractivity contribution in [3.05, 3.63) is 71.0 Å². The molecule has 4 rings (SSSR count). The van der Waals surface area contributed by atoms with Crippen molar-refractivity contribution in [3.8, 4) is 17.2 Å². The van der Waals surface area contributed by atoms with Gasteiger partial charge in [0.05, 0.1) is 30.3 Å². The maximum Gasteiger partial charge on any atom is 0.416 e. The minimum Gasteiger partial charge on any atom is -0.492 e. The zero-order valence-electron chi connectivity index (χ0n) is 22.8. The fourth-order valence-electron chi connectivity index (χ4n) is 4.57. The molecule has 1 aromatic heterocycles. The molecule has 0 saturated carbocycles. The second-order valence-electron chi connectivity index (χ2n) is 9.89. The van der Waals surface area contributed by atoms with E-state index in [1.54, 1.807) is 25.3 Å². The van der Waals surface area contributed by atoms with Crippen molar-refractivity contribution in [2.75, 3.05) is 36.5 Å². The molecule has 1 amide bonds. The number of aryl methyl sites for hydroxylation is 1. The number of alkyl halides is 3. The molecule has 220 valence electrons. The Morgan fingerprint density at radius 2 is 1.80 bits per heavy atom. The Bertz CT molecular complexity index is 1520. The summed E-state index contributed by atoms with van der Waals surface area (Å²) in [6, 6.07) is 9.48. The van der Waals surface area contributed by atoms with Gasteiger partial charge in [-0.2, -0.15) is 13.2 Å². The lowest BCUT2D eigenvalue weighted by atomic mass is 9.93. The third-order valence-corrected chi connectivity index (χ3v) is 7.18. The van der Waals surface area contributed by atoms with Gasteiger partial charge < -0.3 is 20.1 Å². The Hall–Kier alpha value is -3.84. The molecule has 1 fully saturated rings. The summed E-state index contributed by atoms with van der Waals surface area (Å²) in [7, 11) is -2.80. The number of rotatable bonds is 9. The van der Waals surface area contributed by atoms with Crippen LogP contribution in [0.25, 0.3) is 0 Å². The first-order chi connectivity index (χ1) is 19.3. The van der Waals surface area contributed by atoms with Crippen LogP contribution >= 0.6 is 0 Å². The van der Waals surface area contributed by atoms with E-state index in [9.17, 15) is 26.4 Å². The number of carbonyl (C=O) groups is 1. The molecule has 0 spiro atoms. The molecule has 13 heteroatoms. The van der Waals surface area contributed by atoms with Crippen molar-refractivity contribution >= 4 is 27.3 Å². The molecule has 0 radical (unpaired) electrons. The van der Waals surface area contributed by atoms with Gasteiger partial charge in [0, 0.05) is 23.5 Å². The highest BCUT2D eigenvalue weighted by atomic mass is 32.2. The summed E-state index contributed by atoms with van der Waals surface area (Å²) >= 11 is 0. The third-order valence-electron chi connectivity index (χ3n) is 6.59. The third kappa shape index (κ3) is 8.10. The highest BCUT2D eigenvalue weighted by molar-refractivity contribution is 7.92. The first-order valence-electron chi connectivity index (χ1n) is 12.8. The van der Waals surface area contributed by atoms with E-state index in [0.29, 0.717) is 29.5 Å². The van der Waals surface area contributed by atoms with Crippen LogP contribution in [0.1, 0.15) is 40.0 Å². The van der Waals surface area contributed by atoms with Gasteiger partial charge in [-0.05, 0) is 81.1 Å². The van der Waals surface area contributed by atoms with E-state index in [0.717, 1.165) is 57.0 Å². The van der Waals surface area contributed by atoms with E-state index in [4.69, 9.17) is 9.47 Å². The van der Waals surface area contributed by atoms with Crippen LogP contribution in [-0.4, -0.2) is 45.8 Å². The van der Waals surface area contributed by atoms with Crippen molar-refractivity contribution in [1.82, 2.24) is 10.3 Å². The highest BCUT2D eigenvalue weighted by Crippen LogP contribution is 2.41. The number of hydrogen-bond donors (Lipinski definition) is 3. The van der Waals surface area contributed by atoms with Gasteiger partial charge >= 0.3 is 6.18 Å². The van der Waals surface area contributed by atoms with E-state index in [1.807, 2.05) is 10.8 Å². The molecule has 9 nitrogen and oxygen atoms in total. The molecule has 0 atom stereocenters. The molecule has 2 heterocycles. The molecule has 1 aliphatic rings. The predicted octanol–water partition coefficient (Wildman–Crippen LogP) is 5.38. The zero-order chi connectivity index (χ0) is 29.8. The topological polar surface area (TPSA) is 119 Å². The van der Waals surface area contributed by atoms with Gasteiger partial charge in [-0.3, -0.25) is 14.5 Å². The fourth-order valence-corrected chi connectivity index (χ4v) is 5.12. The van der Waals surface area contributed by atoms with Gasteiger partial charge in [0.1, 0.15) is 11.5 Å². The van der Waals surface area contributed by atoms with Gasteiger partial charge in [0.15, 0.2) is 5.75 Å². The Morgan fingerprint density at radius 3 is 2.46 bits per heavy atom. The second kappa shape index (κ2) is 12.4. The molecule has 3 aromatic rings. The van der Waals surface area contributed by atoms with Gasteiger partial charge in [-0.25, -0.2) is 8.42 Å². The number of hydrogen-bond acceptors (Lipinski definition) is 7. The Balaban J connectivity index is 1.58. The quantitative estimate of drug-likeness (QED) is 0.306. The SMILES string of the molecule is COc1c(NC(=O)c2ccc(C)c(Oc3ccnc(CC4CCNCC4)c3)c2)cc(C(F)(F)F)cc1NS(C)(=O)=O. The van der Waals surface area contributed by atoms with Crippen LogP contribution in [-0.2, 0) is 22.6 Å². The second-order valence-corrected chi connectivity index (χ2v) is 11.6. The maximum atomic E-state index is 13.6. The standard InChI is InChI=1S/C28H31F3N4O5S/c1-17-4-5-19(13-25(17)40-22-8-11-33-21(16-22)12-18-6-9-32-10-7-18)27(36)34-23-14-20(28(29,30)31)15-24(26(23)39-2)35-41(3,37)38/h4-5,8,11,13-16,18,32,35H,6-7,9-10,12H2,1-3H3,(H,34,36). The average Bonchev–Trinajstić information content (AvgIpc) is 2.89. The number of piperidine rings is 1. The van der Waals surface area contributed by atoms with Crippen LogP contribution in [0.15, 0.2) is 48.7 Å². The number of nitrogens with zero attached hydrogens (tertiary/aromatic N) is 1. The summed E-state index contributed by atoms with van der Waals surface area (Å²) in [5, 5.41) is 5.76. The van der Waals surface area contributed by atoms with Crippen molar-refractivity contribution in [3.63, 3.8) is 0 Å². The normalized spacial score (nSPS) is 14.4. The summed E-state index contributed by atoms with van der Waals surface area (Å²) < 4.78 is 77.6. The molecule has 1 aliphatic heterocycles. The van der Waals surface area contributed by atoms with Crippen LogP contribution in [0.4, 0.5) is 24.5 Å². The highest BCUT2D eigenvalue weighted by Gasteiger charge is 2.33. The number of nitrogens with one attached hydrogen (secondary N) is 3. The van der Waals surface area contributed by atoms with E-state index in [2.05, 4.69) is 15.6 Å². The van der Waals surface area contributed by atoms with E-state index >= 15 is 0 Å². The van der Waals surface area contributed by atoms with Crippen LogP contribution in [0.5, 0.6) is 17.2 Å². The van der Waals surface area contributed by atoms with E-state index < -0.39 is 33.4 Å². The van der Waals surface area contributed by atoms with Crippen LogP contribution < -0.4 is 24.8 Å². The lowest BCUT2D eigenvalue weighted by molar-refractivity contribution is -0.137. The number of amides is 1. The molecular formula is C28H31F3N4O5S. The maximum absolute atomic E-state index is 13.6. The zero-order valence-corrected chi connectivity index (χ0v) is 23.6. The molecular weight excluding hydrogens is 561 g/mol. The molecule has 2 aromatic carbocycles. The van der Waals surface area contributed by atoms with Crippen molar-refractivity contribution in [2.24, 2.45) is 5.92 Å². The number of methoxy groups -OCH3 is 1. The van der Waals surface area contributed by atoms with Gasteiger partial charge in [0.25, 0.3) is 5.91 Å². The van der Waals surface area contributed by atoms with Crippen molar-refractivity contribution in [1.29, 1.82) is 0 Å². The molecule has 0 aliphatic carbocycles. The van der Waals surface area contributed by atoms with E-state index in [1.165, 1.54) is 12.1 Å². The molecule has 41 heavy (non-hydrogen) atoms. The number of benzene rings is 2. The summed E-state index contributed by atoms with van der Waals surface area (Å²) in [6.45, 7) is 3.76. The fraction of sp³-hybridized carbons (Fsp3) is 0.357. The number of anilines is 2. The first-order valence-corrected chi connectivity index (χ1v) is 14.7. The minimum atomic E-state index is -4.82. The number of aromatic nitrogens is 1. The number of ether oxygens (including phenoxy) is 2.